The van der Waals surface area contributed by atoms with E-state index in [9.17, 15) is 0 Å². The number of nitrogens with one attached hydrogen (secondary N) is 2. The van der Waals surface area contributed by atoms with Crippen LogP contribution in [0.2, 0.25) is 0 Å². The van der Waals surface area contributed by atoms with Gasteiger partial charge in [0.1, 0.15) is 0 Å². The summed E-state index contributed by atoms with van der Waals surface area (Å²) in [7, 11) is 1.94. The molecule has 1 atom stereocenters. The lowest BCUT2D eigenvalue weighted by molar-refractivity contribution is 0.557. The highest BCUT2D eigenvalue weighted by Crippen LogP contribution is 2.13. The summed E-state index contributed by atoms with van der Waals surface area (Å²) in [6.07, 6.45) is 0. The van der Waals surface area contributed by atoms with E-state index in [-0.39, 0.29) is 0 Å². The molecule has 0 saturated heterocycles. The fraction of sp³-hybridized carbons (Fsp3) is 0.455. The molecule has 0 aliphatic rings. The monoisotopic (exact) mass is 193 g/mol. The Balaban J connectivity index is 2.57. The van der Waals surface area contributed by atoms with Crippen molar-refractivity contribution in [2.75, 3.05) is 18.9 Å². The van der Waals surface area contributed by atoms with Crippen molar-refractivity contribution in [3.8, 4) is 0 Å². The minimum atomic E-state index is 0.361. The van der Waals surface area contributed by atoms with E-state index in [0.717, 1.165) is 6.54 Å². The Bertz CT molecular complexity index is 273. The maximum atomic E-state index is 5.53. The van der Waals surface area contributed by atoms with Gasteiger partial charge in [0.25, 0.3) is 0 Å². The summed E-state index contributed by atoms with van der Waals surface area (Å²) >= 11 is 0. The van der Waals surface area contributed by atoms with E-state index in [1.54, 1.807) is 0 Å². The average molecular weight is 193 g/mol. The lowest BCUT2D eigenvalue weighted by Gasteiger charge is -2.13. The molecule has 1 aromatic rings. The third kappa shape index (κ3) is 3.01. The quantitative estimate of drug-likeness (QED) is 0.658. The van der Waals surface area contributed by atoms with Crippen LogP contribution in [-0.2, 0) is 6.54 Å². The Labute approximate surface area is 85.7 Å². The summed E-state index contributed by atoms with van der Waals surface area (Å²) in [6, 6.07) is 8.62. The highest BCUT2D eigenvalue weighted by molar-refractivity contribution is 5.50. The minimum Gasteiger partial charge on any atom is -0.388 e. The molecule has 0 heterocycles. The van der Waals surface area contributed by atoms with Gasteiger partial charge in [0.05, 0.1) is 0 Å². The number of hydrogen-bond acceptors (Lipinski definition) is 3. The van der Waals surface area contributed by atoms with Crippen LogP contribution in [0.1, 0.15) is 12.5 Å². The molecule has 1 rings (SSSR count). The van der Waals surface area contributed by atoms with Crippen LogP contribution < -0.4 is 16.4 Å². The Hall–Kier alpha value is -1.06. The maximum absolute atomic E-state index is 5.53. The third-order valence-corrected chi connectivity index (χ3v) is 2.28. The van der Waals surface area contributed by atoms with Crippen LogP contribution in [-0.4, -0.2) is 19.6 Å². The Morgan fingerprint density at radius 3 is 2.71 bits per heavy atom. The van der Waals surface area contributed by atoms with Crippen LogP contribution >= 0.6 is 0 Å². The summed E-state index contributed by atoms with van der Waals surface area (Å²) < 4.78 is 0. The fourth-order valence-electron chi connectivity index (χ4n) is 1.29. The molecule has 3 nitrogen and oxygen atoms in total. The zero-order chi connectivity index (χ0) is 10.4. The molecule has 0 aliphatic heterocycles. The lowest BCUT2D eigenvalue weighted by atomic mass is 10.1. The van der Waals surface area contributed by atoms with Crippen molar-refractivity contribution < 1.29 is 0 Å². The first kappa shape index (κ1) is 11.0. The molecule has 4 N–H and O–H groups in total. The molecule has 0 fully saturated rings. The van der Waals surface area contributed by atoms with Gasteiger partial charge in [-0.3, -0.25) is 0 Å². The molecule has 0 aliphatic carbocycles. The molecule has 0 bridgehead atoms. The van der Waals surface area contributed by atoms with Gasteiger partial charge in [-0.15, -0.1) is 0 Å². The SMILES string of the molecule is CNc1ccccc1CNC(C)CN. The molecule has 0 saturated carbocycles. The van der Waals surface area contributed by atoms with E-state index in [0.29, 0.717) is 12.6 Å². The van der Waals surface area contributed by atoms with Gasteiger partial charge in [-0.05, 0) is 18.6 Å². The first-order chi connectivity index (χ1) is 6.77. The van der Waals surface area contributed by atoms with Gasteiger partial charge in [-0.1, -0.05) is 18.2 Å². The molecule has 0 radical (unpaired) electrons. The summed E-state index contributed by atoms with van der Waals surface area (Å²) in [4.78, 5) is 0. The second kappa shape index (κ2) is 5.62. The molecular formula is C11H19N3. The topological polar surface area (TPSA) is 50.1 Å². The van der Waals surface area contributed by atoms with E-state index >= 15 is 0 Å². The van der Waals surface area contributed by atoms with E-state index in [1.807, 2.05) is 19.2 Å². The van der Waals surface area contributed by atoms with Crippen molar-refractivity contribution >= 4 is 5.69 Å². The van der Waals surface area contributed by atoms with E-state index in [4.69, 9.17) is 5.73 Å². The first-order valence-corrected chi connectivity index (χ1v) is 4.97. The van der Waals surface area contributed by atoms with Crippen LogP contribution in [0.3, 0.4) is 0 Å². The second-order valence-electron chi connectivity index (χ2n) is 3.42. The summed E-state index contributed by atoms with van der Waals surface area (Å²) in [5, 5.41) is 6.52. The zero-order valence-corrected chi connectivity index (χ0v) is 8.88. The number of rotatable bonds is 5. The van der Waals surface area contributed by atoms with Crippen LogP contribution in [0.15, 0.2) is 24.3 Å². The van der Waals surface area contributed by atoms with Crippen molar-refractivity contribution in [1.82, 2.24) is 5.32 Å². The van der Waals surface area contributed by atoms with Gasteiger partial charge in [0.15, 0.2) is 0 Å². The van der Waals surface area contributed by atoms with Crippen LogP contribution in [0.4, 0.5) is 5.69 Å². The highest BCUT2D eigenvalue weighted by atomic mass is 14.9. The number of para-hydroxylation sites is 1. The molecule has 14 heavy (non-hydrogen) atoms. The fourth-order valence-corrected chi connectivity index (χ4v) is 1.29. The standard InChI is InChI=1S/C11H19N3/c1-9(7-12)14-8-10-5-3-4-6-11(10)13-2/h3-6,9,13-14H,7-8,12H2,1-2H3. The Morgan fingerprint density at radius 1 is 1.36 bits per heavy atom. The predicted molar refractivity (Wildman–Crippen MR) is 61.3 cm³/mol. The number of anilines is 1. The number of benzene rings is 1. The van der Waals surface area contributed by atoms with Gasteiger partial charge in [-0.2, -0.15) is 0 Å². The smallest absolute Gasteiger partial charge is 0.0383 e. The highest BCUT2D eigenvalue weighted by Gasteiger charge is 2.01. The van der Waals surface area contributed by atoms with Gasteiger partial charge in [0.2, 0.25) is 0 Å². The van der Waals surface area contributed by atoms with Gasteiger partial charge >= 0.3 is 0 Å². The van der Waals surface area contributed by atoms with E-state index in [2.05, 4.69) is 29.7 Å². The Kier molecular flexibility index (Phi) is 4.43. The van der Waals surface area contributed by atoms with Gasteiger partial charge in [-0.25, -0.2) is 0 Å². The lowest BCUT2D eigenvalue weighted by Crippen LogP contribution is -2.32. The predicted octanol–water partition coefficient (Wildman–Crippen LogP) is 1.17. The van der Waals surface area contributed by atoms with Crippen LogP contribution in [0.25, 0.3) is 0 Å². The van der Waals surface area contributed by atoms with Gasteiger partial charge < -0.3 is 16.4 Å². The summed E-state index contributed by atoms with van der Waals surface area (Å²) in [6.45, 7) is 3.61. The zero-order valence-electron chi connectivity index (χ0n) is 8.88. The normalized spacial score (nSPS) is 12.5. The molecule has 78 valence electrons. The van der Waals surface area contributed by atoms with Crippen molar-refractivity contribution in [2.45, 2.75) is 19.5 Å². The first-order valence-electron chi connectivity index (χ1n) is 4.97. The largest absolute Gasteiger partial charge is 0.388 e. The third-order valence-electron chi connectivity index (χ3n) is 2.28. The van der Waals surface area contributed by atoms with Crippen molar-refractivity contribution in [1.29, 1.82) is 0 Å². The molecule has 0 spiro atoms. The minimum absolute atomic E-state index is 0.361. The number of nitrogens with two attached hydrogens (primary N) is 1. The summed E-state index contributed by atoms with van der Waals surface area (Å²) in [5.41, 5.74) is 7.97. The van der Waals surface area contributed by atoms with Crippen LogP contribution in [0, 0.1) is 0 Å². The van der Waals surface area contributed by atoms with Crippen LogP contribution in [0.5, 0.6) is 0 Å². The van der Waals surface area contributed by atoms with Crippen molar-refractivity contribution in [2.24, 2.45) is 5.73 Å². The van der Waals surface area contributed by atoms with Crippen molar-refractivity contribution in [3.05, 3.63) is 29.8 Å². The number of hydrogen-bond donors (Lipinski definition) is 3. The van der Waals surface area contributed by atoms with Crippen molar-refractivity contribution in [3.63, 3.8) is 0 Å². The van der Waals surface area contributed by atoms with Gasteiger partial charge in [0, 0.05) is 31.9 Å². The molecule has 0 aromatic heterocycles. The van der Waals surface area contributed by atoms with E-state index in [1.165, 1.54) is 11.3 Å². The second-order valence-corrected chi connectivity index (χ2v) is 3.42. The average Bonchev–Trinajstić information content (AvgIpc) is 2.26. The maximum Gasteiger partial charge on any atom is 0.0383 e. The Morgan fingerprint density at radius 2 is 2.07 bits per heavy atom. The molecule has 1 unspecified atom stereocenters. The molecule has 3 heteroatoms. The molecule has 0 amide bonds. The molecular weight excluding hydrogens is 174 g/mol. The summed E-state index contributed by atoms with van der Waals surface area (Å²) in [5.74, 6) is 0. The molecule has 1 aromatic carbocycles. The van der Waals surface area contributed by atoms with E-state index < -0.39 is 0 Å².